The molecule has 1 aliphatic rings. The Morgan fingerprint density at radius 3 is 2.69 bits per heavy atom. The number of hydrogen-bond acceptors (Lipinski definition) is 8. The number of rotatable bonds is 9. The van der Waals surface area contributed by atoms with E-state index >= 15 is 0 Å². The van der Waals surface area contributed by atoms with Crippen LogP contribution >= 0.6 is 0 Å². The molecule has 3 aromatic rings. The van der Waals surface area contributed by atoms with Crippen molar-refractivity contribution in [2.24, 2.45) is 0 Å². The van der Waals surface area contributed by atoms with Gasteiger partial charge in [0.1, 0.15) is 17.6 Å². The second kappa shape index (κ2) is 12.3. The first-order chi connectivity index (χ1) is 18.6. The standard InChI is InChI=1S/C25H27F4N5O5/c1-16(30-22(35)20-5-2-13-38-20)23(36)34-10-3-8-33(11-12-34)9-4-14-37-17-6-7-18(19(26)15-17)21-31-24(39-32-21)25(27,28)29/h2,5-7,13,15-16H,3-4,8-12,14H2,1H3,(H,30,35)/t16-/m0/s1. The molecule has 39 heavy (non-hydrogen) atoms. The van der Waals surface area contributed by atoms with Crippen LogP contribution in [0.5, 0.6) is 5.75 Å². The summed E-state index contributed by atoms with van der Waals surface area (Å²) in [6.07, 6.45) is -2.03. The van der Waals surface area contributed by atoms with Crippen LogP contribution in [0.15, 0.2) is 45.5 Å². The summed E-state index contributed by atoms with van der Waals surface area (Å²) >= 11 is 0. The molecule has 210 valence electrons. The number of hydrogen-bond donors (Lipinski definition) is 1. The average molecular weight is 554 g/mol. The molecule has 4 rings (SSSR count). The quantitative estimate of drug-likeness (QED) is 0.316. The molecule has 1 aliphatic heterocycles. The van der Waals surface area contributed by atoms with Crippen molar-refractivity contribution < 1.29 is 40.8 Å². The molecule has 1 atom stereocenters. The van der Waals surface area contributed by atoms with Crippen LogP contribution in [0.2, 0.25) is 0 Å². The van der Waals surface area contributed by atoms with Crippen molar-refractivity contribution in [2.75, 3.05) is 39.3 Å². The van der Waals surface area contributed by atoms with Gasteiger partial charge in [0, 0.05) is 32.2 Å². The number of amides is 2. The SMILES string of the molecule is C[C@H](NC(=O)c1ccco1)C(=O)N1CCCN(CCCOc2ccc(-c3noc(C(F)(F)F)n3)c(F)c2)CC1. The molecule has 1 N–H and O–H groups in total. The maximum atomic E-state index is 14.4. The number of aromatic nitrogens is 2. The van der Waals surface area contributed by atoms with Gasteiger partial charge in [-0.15, -0.1) is 0 Å². The van der Waals surface area contributed by atoms with Crippen molar-refractivity contribution in [3.05, 3.63) is 54.1 Å². The van der Waals surface area contributed by atoms with Crippen LogP contribution in [0.4, 0.5) is 17.6 Å². The summed E-state index contributed by atoms with van der Waals surface area (Å²) < 4.78 is 67.1. The minimum atomic E-state index is -4.82. The lowest BCUT2D eigenvalue weighted by molar-refractivity contribution is -0.159. The normalized spacial score (nSPS) is 15.6. The zero-order chi connectivity index (χ0) is 28.0. The number of nitrogens with one attached hydrogen (secondary N) is 1. The third-order valence-electron chi connectivity index (χ3n) is 6.10. The average Bonchev–Trinajstić information content (AvgIpc) is 3.56. The first kappa shape index (κ1) is 28.1. The number of carbonyl (C=O) groups is 2. The van der Waals surface area contributed by atoms with Gasteiger partial charge in [0.05, 0.1) is 18.4 Å². The van der Waals surface area contributed by atoms with Gasteiger partial charge in [-0.3, -0.25) is 9.59 Å². The van der Waals surface area contributed by atoms with Crippen molar-refractivity contribution in [2.45, 2.75) is 32.0 Å². The van der Waals surface area contributed by atoms with Crippen LogP contribution in [-0.4, -0.2) is 77.1 Å². The Morgan fingerprint density at radius 1 is 1.18 bits per heavy atom. The van der Waals surface area contributed by atoms with Gasteiger partial charge in [-0.05, 0) is 50.6 Å². The first-order valence-electron chi connectivity index (χ1n) is 12.3. The summed E-state index contributed by atoms with van der Waals surface area (Å²) in [6.45, 7) is 5.14. The number of nitrogens with zero attached hydrogens (tertiary/aromatic N) is 4. The maximum Gasteiger partial charge on any atom is 0.471 e. The van der Waals surface area contributed by atoms with E-state index in [-0.39, 0.29) is 29.6 Å². The molecule has 1 saturated heterocycles. The molecule has 14 heteroatoms. The maximum absolute atomic E-state index is 14.4. The molecule has 0 radical (unpaired) electrons. The van der Waals surface area contributed by atoms with Crippen molar-refractivity contribution in [1.29, 1.82) is 0 Å². The number of ether oxygens (including phenoxy) is 1. The third-order valence-corrected chi connectivity index (χ3v) is 6.10. The van der Waals surface area contributed by atoms with Gasteiger partial charge >= 0.3 is 12.1 Å². The van der Waals surface area contributed by atoms with Gasteiger partial charge in [-0.1, -0.05) is 5.16 Å². The molecule has 1 fully saturated rings. The van der Waals surface area contributed by atoms with E-state index in [1.165, 1.54) is 24.5 Å². The van der Waals surface area contributed by atoms with Crippen LogP contribution < -0.4 is 10.1 Å². The first-order valence-corrected chi connectivity index (χ1v) is 12.3. The van der Waals surface area contributed by atoms with E-state index < -0.39 is 35.7 Å². The molecule has 0 spiro atoms. The highest BCUT2D eigenvalue weighted by atomic mass is 19.4. The van der Waals surface area contributed by atoms with Gasteiger partial charge in [-0.2, -0.15) is 18.2 Å². The van der Waals surface area contributed by atoms with E-state index in [1.54, 1.807) is 17.9 Å². The van der Waals surface area contributed by atoms with Crippen LogP contribution in [0.3, 0.4) is 0 Å². The van der Waals surface area contributed by atoms with E-state index in [4.69, 9.17) is 9.15 Å². The van der Waals surface area contributed by atoms with Crippen molar-refractivity contribution in [1.82, 2.24) is 25.3 Å². The van der Waals surface area contributed by atoms with E-state index in [1.807, 2.05) is 0 Å². The Labute approximate surface area is 220 Å². The van der Waals surface area contributed by atoms with Crippen molar-refractivity contribution >= 4 is 11.8 Å². The smallest absolute Gasteiger partial charge is 0.471 e. The zero-order valence-electron chi connectivity index (χ0n) is 21.0. The highest BCUT2D eigenvalue weighted by molar-refractivity contribution is 5.95. The summed E-state index contributed by atoms with van der Waals surface area (Å²) in [5, 5.41) is 5.84. The summed E-state index contributed by atoms with van der Waals surface area (Å²) in [4.78, 5) is 32.1. The highest BCUT2D eigenvalue weighted by Gasteiger charge is 2.38. The summed E-state index contributed by atoms with van der Waals surface area (Å²) in [7, 11) is 0. The van der Waals surface area contributed by atoms with E-state index in [2.05, 4.69) is 24.9 Å². The fourth-order valence-electron chi connectivity index (χ4n) is 4.12. The summed E-state index contributed by atoms with van der Waals surface area (Å²) in [6, 6.07) is 6.14. The molecule has 2 aromatic heterocycles. The lowest BCUT2D eigenvalue weighted by Crippen LogP contribution is -2.48. The Bertz CT molecular complexity index is 1260. The molecule has 3 heterocycles. The van der Waals surface area contributed by atoms with Gasteiger partial charge < -0.3 is 28.8 Å². The topological polar surface area (TPSA) is 114 Å². The van der Waals surface area contributed by atoms with Crippen molar-refractivity contribution in [3.8, 4) is 17.1 Å². The number of alkyl halides is 3. The second-order valence-corrected chi connectivity index (χ2v) is 8.96. The van der Waals surface area contributed by atoms with Crippen LogP contribution in [0.1, 0.15) is 36.2 Å². The van der Waals surface area contributed by atoms with Crippen LogP contribution in [-0.2, 0) is 11.0 Å². The van der Waals surface area contributed by atoms with E-state index in [9.17, 15) is 27.2 Å². The largest absolute Gasteiger partial charge is 0.493 e. The molecule has 2 amide bonds. The van der Waals surface area contributed by atoms with Gasteiger partial charge in [0.15, 0.2) is 5.76 Å². The van der Waals surface area contributed by atoms with E-state index in [0.717, 1.165) is 19.0 Å². The summed E-state index contributed by atoms with van der Waals surface area (Å²) in [5.41, 5.74) is -0.236. The minimum Gasteiger partial charge on any atom is -0.493 e. The van der Waals surface area contributed by atoms with Crippen LogP contribution in [0.25, 0.3) is 11.4 Å². The zero-order valence-corrected chi connectivity index (χ0v) is 21.0. The fourth-order valence-corrected chi connectivity index (χ4v) is 4.12. The predicted molar refractivity (Wildman–Crippen MR) is 128 cm³/mol. The molecule has 0 aliphatic carbocycles. The lowest BCUT2D eigenvalue weighted by Gasteiger charge is -2.25. The molecule has 0 bridgehead atoms. The monoisotopic (exact) mass is 553 g/mol. The van der Waals surface area contributed by atoms with Gasteiger partial charge in [0.25, 0.3) is 5.91 Å². The van der Waals surface area contributed by atoms with Crippen LogP contribution in [0, 0.1) is 5.82 Å². The number of furan rings is 1. The van der Waals surface area contributed by atoms with E-state index in [0.29, 0.717) is 32.6 Å². The Hall–Kier alpha value is -3.94. The third kappa shape index (κ3) is 7.34. The number of benzene rings is 1. The Kier molecular flexibility index (Phi) is 8.84. The Morgan fingerprint density at radius 2 is 2.00 bits per heavy atom. The Balaban J connectivity index is 1.19. The number of halogens is 4. The van der Waals surface area contributed by atoms with Gasteiger partial charge in [-0.25, -0.2) is 4.39 Å². The predicted octanol–water partition coefficient (Wildman–Crippen LogP) is 3.61. The lowest BCUT2D eigenvalue weighted by atomic mass is 10.2. The molecule has 10 nitrogen and oxygen atoms in total. The second-order valence-electron chi connectivity index (χ2n) is 8.96. The molecule has 0 unspecified atom stereocenters. The number of carbonyl (C=O) groups excluding carboxylic acids is 2. The minimum absolute atomic E-state index is 0.143. The highest BCUT2D eigenvalue weighted by Crippen LogP contribution is 2.31. The molecular formula is C25H27F4N5O5. The molecular weight excluding hydrogens is 526 g/mol. The molecule has 0 saturated carbocycles. The fraction of sp³-hybridized carbons (Fsp3) is 0.440. The van der Waals surface area contributed by atoms with Gasteiger partial charge in [0.2, 0.25) is 11.7 Å². The van der Waals surface area contributed by atoms with Crippen molar-refractivity contribution in [3.63, 3.8) is 0 Å². The summed E-state index contributed by atoms with van der Waals surface area (Å²) in [5.74, 6) is -3.15. The molecule has 1 aromatic carbocycles.